The van der Waals surface area contributed by atoms with Gasteiger partial charge < -0.3 is 5.32 Å². The molecule has 0 radical (unpaired) electrons. The Labute approximate surface area is 137 Å². The summed E-state index contributed by atoms with van der Waals surface area (Å²) >= 11 is 12.1. The van der Waals surface area contributed by atoms with Crippen molar-refractivity contribution < 1.29 is 0 Å². The predicted molar refractivity (Wildman–Crippen MR) is 92.1 cm³/mol. The Balaban J connectivity index is 2.14. The topological polar surface area (TPSA) is 12.0 Å². The molecule has 2 rings (SSSR count). The second-order valence-corrected chi connectivity index (χ2v) is 6.21. The Hall–Kier alpha value is -1.02. The van der Waals surface area contributed by atoms with Crippen molar-refractivity contribution in [3.05, 3.63) is 69.7 Å². The zero-order valence-electron chi connectivity index (χ0n) is 12.4. The Morgan fingerprint density at radius 3 is 2.29 bits per heavy atom. The van der Waals surface area contributed by atoms with E-state index in [-0.39, 0.29) is 6.04 Å². The molecule has 2 unspecified atom stereocenters. The van der Waals surface area contributed by atoms with Gasteiger partial charge in [0, 0.05) is 22.1 Å². The minimum absolute atomic E-state index is 0.246. The van der Waals surface area contributed by atoms with Gasteiger partial charge in [0.05, 0.1) is 0 Å². The van der Waals surface area contributed by atoms with E-state index in [2.05, 4.69) is 37.4 Å². The number of benzene rings is 2. The van der Waals surface area contributed by atoms with Crippen LogP contribution in [0.2, 0.25) is 10.0 Å². The van der Waals surface area contributed by atoms with Crippen molar-refractivity contribution in [1.82, 2.24) is 5.32 Å². The van der Waals surface area contributed by atoms with Crippen molar-refractivity contribution in [2.45, 2.75) is 38.8 Å². The molecule has 0 bridgehead atoms. The molecule has 0 fully saturated rings. The summed E-state index contributed by atoms with van der Waals surface area (Å²) < 4.78 is 0. The average molecular weight is 322 g/mol. The molecule has 2 aromatic carbocycles. The van der Waals surface area contributed by atoms with Gasteiger partial charge in [-0.15, -0.1) is 0 Å². The van der Waals surface area contributed by atoms with Gasteiger partial charge in [-0.05, 0) is 48.7 Å². The minimum Gasteiger partial charge on any atom is -0.303 e. The quantitative estimate of drug-likeness (QED) is 0.669. The van der Waals surface area contributed by atoms with Gasteiger partial charge in [0.15, 0.2) is 0 Å². The van der Waals surface area contributed by atoms with Gasteiger partial charge >= 0.3 is 0 Å². The van der Waals surface area contributed by atoms with E-state index in [9.17, 15) is 0 Å². The largest absolute Gasteiger partial charge is 0.303 e. The molecule has 2 atom stereocenters. The first kappa shape index (κ1) is 16.4. The van der Waals surface area contributed by atoms with Crippen LogP contribution in [0.15, 0.2) is 48.5 Å². The molecule has 0 saturated carbocycles. The van der Waals surface area contributed by atoms with Gasteiger partial charge in [0.25, 0.3) is 0 Å². The predicted octanol–water partition coefficient (Wildman–Crippen LogP) is 6.19. The standard InChI is InChI=1S/C18H21Cl2N/c1-3-5-18(14-8-10-16(19)11-9-14)21-13(2)15-6-4-7-17(20)12-15/h4,6-13,18,21H,3,5H2,1-2H3. The van der Waals surface area contributed by atoms with E-state index in [0.717, 1.165) is 22.9 Å². The number of hydrogen-bond donors (Lipinski definition) is 1. The zero-order valence-corrected chi connectivity index (χ0v) is 14.0. The molecule has 0 amide bonds. The van der Waals surface area contributed by atoms with Crippen molar-refractivity contribution in [3.63, 3.8) is 0 Å². The molecule has 0 spiro atoms. The van der Waals surface area contributed by atoms with Gasteiger partial charge in [-0.2, -0.15) is 0 Å². The third-order valence-corrected chi connectivity index (χ3v) is 4.14. The van der Waals surface area contributed by atoms with E-state index in [0.29, 0.717) is 6.04 Å². The smallest absolute Gasteiger partial charge is 0.0409 e. The van der Waals surface area contributed by atoms with Crippen molar-refractivity contribution >= 4 is 23.2 Å². The Kier molecular flexibility index (Phi) is 6.10. The van der Waals surface area contributed by atoms with E-state index < -0.39 is 0 Å². The normalized spacial score (nSPS) is 13.9. The average Bonchev–Trinajstić information content (AvgIpc) is 2.47. The molecular formula is C18H21Cl2N. The highest BCUT2D eigenvalue weighted by Gasteiger charge is 2.15. The summed E-state index contributed by atoms with van der Waals surface area (Å²) in [7, 11) is 0. The number of rotatable bonds is 6. The second kappa shape index (κ2) is 7.84. The first-order valence-corrected chi connectivity index (χ1v) is 8.12. The van der Waals surface area contributed by atoms with Crippen LogP contribution in [-0.4, -0.2) is 0 Å². The van der Waals surface area contributed by atoms with E-state index in [1.54, 1.807) is 0 Å². The van der Waals surface area contributed by atoms with Crippen LogP contribution in [0.5, 0.6) is 0 Å². The molecule has 2 aromatic rings. The van der Waals surface area contributed by atoms with Gasteiger partial charge in [-0.3, -0.25) is 0 Å². The first-order chi connectivity index (χ1) is 10.1. The van der Waals surface area contributed by atoms with Crippen molar-refractivity contribution in [3.8, 4) is 0 Å². The maximum Gasteiger partial charge on any atom is 0.0409 e. The lowest BCUT2D eigenvalue weighted by atomic mass is 9.99. The van der Waals surface area contributed by atoms with Crippen molar-refractivity contribution in [1.29, 1.82) is 0 Å². The third kappa shape index (κ3) is 4.74. The molecule has 0 aliphatic carbocycles. The minimum atomic E-state index is 0.246. The maximum atomic E-state index is 6.08. The summed E-state index contributed by atoms with van der Waals surface area (Å²) in [6, 6.07) is 16.7. The van der Waals surface area contributed by atoms with E-state index >= 15 is 0 Å². The maximum absolute atomic E-state index is 6.08. The van der Waals surface area contributed by atoms with Gasteiger partial charge in [0.2, 0.25) is 0 Å². The van der Waals surface area contributed by atoms with E-state index in [1.807, 2.05) is 30.3 Å². The fraction of sp³-hybridized carbons (Fsp3) is 0.333. The molecule has 1 N–H and O–H groups in total. The monoisotopic (exact) mass is 321 g/mol. The molecule has 0 aliphatic rings. The molecule has 0 aliphatic heterocycles. The van der Waals surface area contributed by atoms with Crippen LogP contribution in [0.3, 0.4) is 0 Å². The lowest BCUT2D eigenvalue weighted by molar-refractivity contribution is 0.439. The summed E-state index contributed by atoms with van der Waals surface area (Å²) in [5.74, 6) is 0. The number of halogens is 2. The van der Waals surface area contributed by atoms with Crippen LogP contribution in [0.25, 0.3) is 0 Å². The van der Waals surface area contributed by atoms with Crippen molar-refractivity contribution in [2.24, 2.45) is 0 Å². The SMILES string of the molecule is CCCC(NC(C)c1cccc(Cl)c1)c1ccc(Cl)cc1. The van der Waals surface area contributed by atoms with Crippen LogP contribution in [-0.2, 0) is 0 Å². The summed E-state index contributed by atoms with van der Waals surface area (Å²) in [5, 5.41) is 5.25. The number of hydrogen-bond acceptors (Lipinski definition) is 1. The Morgan fingerprint density at radius 2 is 1.67 bits per heavy atom. The fourth-order valence-electron chi connectivity index (χ4n) is 2.50. The fourth-order valence-corrected chi connectivity index (χ4v) is 2.83. The van der Waals surface area contributed by atoms with Crippen LogP contribution >= 0.6 is 23.2 Å². The lowest BCUT2D eigenvalue weighted by Crippen LogP contribution is -2.24. The summed E-state index contributed by atoms with van der Waals surface area (Å²) in [6.45, 7) is 4.37. The summed E-state index contributed by atoms with van der Waals surface area (Å²) in [4.78, 5) is 0. The molecular weight excluding hydrogens is 301 g/mol. The van der Waals surface area contributed by atoms with Crippen LogP contribution in [0.1, 0.15) is 49.9 Å². The molecule has 0 heterocycles. The molecule has 3 heteroatoms. The van der Waals surface area contributed by atoms with Gasteiger partial charge in [-0.25, -0.2) is 0 Å². The summed E-state index contributed by atoms with van der Waals surface area (Å²) in [6.07, 6.45) is 2.22. The molecule has 112 valence electrons. The van der Waals surface area contributed by atoms with Crippen LogP contribution in [0, 0.1) is 0 Å². The molecule has 1 nitrogen and oxygen atoms in total. The highest BCUT2D eigenvalue weighted by molar-refractivity contribution is 6.30. The number of nitrogens with one attached hydrogen (secondary N) is 1. The Morgan fingerprint density at radius 1 is 0.952 bits per heavy atom. The Bertz CT molecular complexity index is 566. The highest BCUT2D eigenvalue weighted by Crippen LogP contribution is 2.25. The van der Waals surface area contributed by atoms with Crippen LogP contribution < -0.4 is 5.32 Å². The second-order valence-electron chi connectivity index (χ2n) is 5.34. The zero-order chi connectivity index (χ0) is 15.2. The lowest BCUT2D eigenvalue weighted by Gasteiger charge is -2.24. The van der Waals surface area contributed by atoms with E-state index in [4.69, 9.17) is 23.2 Å². The molecule has 0 aromatic heterocycles. The van der Waals surface area contributed by atoms with Crippen LogP contribution in [0.4, 0.5) is 0 Å². The first-order valence-electron chi connectivity index (χ1n) is 7.37. The molecule has 21 heavy (non-hydrogen) atoms. The van der Waals surface area contributed by atoms with Gasteiger partial charge in [-0.1, -0.05) is 60.8 Å². The molecule has 0 saturated heterocycles. The highest BCUT2D eigenvalue weighted by atomic mass is 35.5. The van der Waals surface area contributed by atoms with Crippen molar-refractivity contribution in [2.75, 3.05) is 0 Å². The van der Waals surface area contributed by atoms with Gasteiger partial charge in [0.1, 0.15) is 0 Å². The summed E-state index contributed by atoms with van der Waals surface area (Å²) in [5.41, 5.74) is 2.48. The van der Waals surface area contributed by atoms with E-state index in [1.165, 1.54) is 11.1 Å². The third-order valence-electron chi connectivity index (χ3n) is 3.65.